The first-order valence-electron chi connectivity index (χ1n) is 7.07. The van der Waals surface area contributed by atoms with E-state index < -0.39 is 5.97 Å². The number of anilines is 1. The van der Waals surface area contributed by atoms with Crippen LogP contribution in [0.1, 0.15) is 31.4 Å². The third-order valence-electron chi connectivity index (χ3n) is 3.51. The Morgan fingerprint density at radius 2 is 2.04 bits per heavy atom. The van der Waals surface area contributed by atoms with Crippen molar-refractivity contribution in [1.29, 1.82) is 0 Å². The smallest absolute Gasteiger partial charge is 0.350 e. The monoisotopic (exact) mass is 345 g/mol. The topological polar surface area (TPSA) is 99.0 Å². The molecule has 0 aliphatic heterocycles. The van der Waals surface area contributed by atoms with Crippen LogP contribution >= 0.6 is 11.3 Å². The predicted octanol–water partition coefficient (Wildman–Crippen LogP) is 2.08. The van der Waals surface area contributed by atoms with E-state index in [0.717, 1.165) is 22.4 Å². The van der Waals surface area contributed by atoms with Gasteiger partial charge in [-0.05, 0) is 19.9 Å². The Morgan fingerprint density at radius 1 is 1.29 bits per heavy atom. The molecule has 0 aromatic carbocycles. The van der Waals surface area contributed by atoms with E-state index in [4.69, 9.17) is 0 Å². The fourth-order valence-corrected chi connectivity index (χ4v) is 3.21. The number of nitrogens with one attached hydrogen (secondary N) is 1. The molecule has 8 nitrogen and oxygen atoms in total. The maximum Gasteiger partial charge on any atom is 0.350 e. The van der Waals surface area contributed by atoms with Gasteiger partial charge in [0.25, 0.3) is 5.91 Å². The molecule has 1 amide bonds. The molecule has 3 heterocycles. The lowest BCUT2D eigenvalue weighted by Crippen LogP contribution is -2.12. The highest BCUT2D eigenvalue weighted by atomic mass is 32.1. The number of hydrogen-bond donors (Lipinski definition) is 1. The Hall–Kier alpha value is -2.81. The van der Waals surface area contributed by atoms with Crippen molar-refractivity contribution in [2.75, 3.05) is 12.4 Å². The molecule has 1 N–H and O–H groups in total. The first-order valence-corrected chi connectivity index (χ1v) is 7.88. The highest BCUT2D eigenvalue weighted by Gasteiger charge is 2.18. The van der Waals surface area contributed by atoms with Crippen molar-refractivity contribution in [3.63, 3.8) is 0 Å². The Bertz CT molecular complexity index is 960. The SMILES string of the molecule is COC(=O)c1sc(NC(=O)c2cnc3c(c2)c(C)nn3C)nc1C. The lowest BCUT2D eigenvalue weighted by molar-refractivity contribution is 0.0605. The third kappa shape index (κ3) is 2.73. The lowest BCUT2D eigenvalue weighted by atomic mass is 10.2. The summed E-state index contributed by atoms with van der Waals surface area (Å²) in [6, 6.07) is 1.74. The summed E-state index contributed by atoms with van der Waals surface area (Å²) in [6.07, 6.45) is 1.49. The van der Waals surface area contributed by atoms with Gasteiger partial charge in [-0.25, -0.2) is 14.8 Å². The van der Waals surface area contributed by atoms with Crippen molar-refractivity contribution < 1.29 is 14.3 Å². The van der Waals surface area contributed by atoms with Gasteiger partial charge in [-0.1, -0.05) is 11.3 Å². The van der Waals surface area contributed by atoms with E-state index in [1.807, 2.05) is 6.92 Å². The number of carbonyl (C=O) groups is 2. The average molecular weight is 345 g/mol. The molecule has 24 heavy (non-hydrogen) atoms. The fourth-order valence-electron chi connectivity index (χ4n) is 2.33. The highest BCUT2D eigenvalue weighted by Crippen LogP contribution is 2.24. The van der Waals surface area contributed by atoms with Crippen molar-refractivity contribution in [2.24, 2.45) is 7.05 Å². The van der Waals surface area contributed by atoms with Crippen molar-refractivity contribution in [1.82, 2.24) is 19.7 Å². The first-order chi connectivity index (χ1) is 11.4. The van der Waals surface area contributed by atoms with Gasteiger partial charge in [-0.15, -0.1) is 0 Å². The number of rotatable bonds is 3. The molecule has 0 bridgehead atoms. The summed E-state index contributed by atoms with van der Waals surface area (Å²) in [4.78, 5) is 32.8. The number of aromatic nitrogens is 4. The Morgan fingerprint density at radius 3 is 2.75 bits per heavy atom. The van der Waals surface area contributed by atoms with Crippen molar-refractivity contribution in [2.45, 2.75) is 13.8 Å². The van der Waals surface area contributed by atoms with E-state index in [9.17, 15) is 9.59 Å². The maximum absolute atomic E-state index is 12.4. The number of thiazole rings is 1. The summed E-state index contributed by atoms with van der Waals surface area (Å²) in [7, 11) is 3.10. The maximum atomic E-state index is 12.4. The summed E-state index contributed by atoms with van der Waals surface area (Å²) in [5.41, 5.74) is 2.42. The van der Waals surface area contributed by atoms with Crippen LogP contribution in [-0.4, -0.2) is 38.7 Å². The standard InChI is InChI=1S/C15H15N5O3S/c1-7-10-5-9(6-16-12(10)20(3)19-7)13(21)18-15-17-8(2)11(24-15)14(22)23-4/h5-6H,1-4H3,(H,17,18,21). The molecule has 0 aliphatic rings. The number of ether oxygens (including phenoxy) is 1. The Balaban J connectivity index is 1.87. The minimum atomic E-state index is -0.473. The molecule has 0 unspecified atom stereocenters. The fraction of sp³-hybridized carbons (Fsp3) is 0.267. The summed E-state index contributed by atoms with van der Waals surface area (Å²) in [5, 5.41) is 8.11. The van der Waals surface area contributed by atoms with E-state index in [2.05, 4.69) is 25.1 Å². The number of pyridine rings is 1. The van der Waals surface area contributed by atoms with E-state index in [1.165, 1.54) is 13.3 Å². The van der Waals surface area contributed by atoms with Crippen LogP contribution in [0.2, 0.25) is 0 Å². The van der Waals surface area contributed by atoms with Crippen LogP contribution < -0.4 is 5.32 Å². The molecule has 0 radical (unpaired) electrons. The van der Waals surface area contributed by atoms with E-state index >= 15 is 0 Å². The third-order valence-corrected chi connectivity index (χ3v) is 4.57. The Labute approximate surface area is 141 Å². The number of esters is 1. The van der Waals surface area contributed by atoms with Gasteiger partial charge in [0.15, 0.2) is 10.8 Å². The normalized spacial score (nSPS) is 10.8. The molecule has 3 rings (SSSR count). The average Bonchev–Trinajstić information content (AvgIpc) is 3.06. The van der Waals surface area contributed by atoms with Crippen LogP contribution in [0.3, 0.4) is 0 Å². The molecule has 0 saturated carbocycles. The highest BCUT2D eigenvalue weighted by molar-refractivity contribution is 7.17. The molecular weight excluding hydrogens is 330 g/mol. The molecule has 0 aliphatic carbocycles. The van der Waals surface area contributed by atoms with Gasteiger partial charge in [0.2, 0.25) is 0 Å². The molecule has 124 valence electrons. The quantitative estimate of drug-likeness (QED) is 0.730. The second-order valence-corrected chi connectivity index (χ2v) is 6.18. The van der Waals surface area contributed by atoms with Crippen molar-refractivity contribution in [3.8, 4) is 0 Å². The summed E-state index contributed by atoms with van der Waals surface area (Å²) < 4.78 is 6.35. The van der Waals surface area contributed by atoms with Gasteiger partial charge in [0, 0.05) is 18.6 Å². The van der Waals surface area contributed by atoms with Gasteiger partial charge in [0.1, 0.15) is 4.88 Å². The summed E-state index contributed by atoms with van der Waals surface area (Å²) in [6.45, 7) is 3.55. The van der Waals surface area contributed by atoms with Gasteiger partial charge in [-0.2, -0.15) is 5.10 Å². The number of amides is 1. The van der Waals surface area contributed by atoms with Crippen LogP contribution in [0, 0.1) is 13.8 Å². The molecule has 3 aromatic rings. The van der Waals surface area contributed by atoms with Crippen molar-refractivity contribution in [3.05, 3.63) is 34.1 Å². The van der Waals surface area contributed by atoms with Crippen LogP contribution in [0.4, 0.5) is 5.13 Å². The zero-order valence-electron chi connectivity index (χ0n) is 13.6. The molecule has 3 aromatic heterocycles. The zero-order chi connectivity index (χ0) is 17.4. The van der Waals surface area contributed by atoms with Gasteiger partial charge in [0.05, 0.1) is 24.1 Å². The number of fused-ring (bicyclic) bond motifs is 1. The molecular formula is C15H15N5O3S. The first kappa shape index (κ1) is 16.1. The zero-order valence-corrected chi connectivity index (χ0v) is 14.4. The van der Waals surface area contributed by atoms with E-state index in [0.29, 0.717) is 26.9 Å². The summed E-state index contributed by atoms with van der Waals surface area (Å²) in [5.74, 6) is -0.822. The largest absolute Gasteiger partial charge is 0.465 e. The van der Waals surface area contributed by atoms with Crippen LogP contribution in [-0.2, 0) is 11.8 Å². The minimum Gasteiger partial charge on any atom is -0.465 e. The van der Waals surface area contributed by atoms with Crippen molar-refractivity contribution >= 4 is 39.4 Å². The number of hydrogen-bond acceptors (Lipinski definition) is 7. The molecule has 0 spiro atoms. The van der Waals surface area contributed by atoms with Crippen LogP contribution in [0.5, 0.6) is 0 Å². The van der Waals surface area contributed by atoms with Gasteiger partial charge < -0.3 is 4.74 Å². The second kappa shape index (κ2) is 6.00. The molecule has 9 heteroatoms. The van der Waals surface area contributed by atoms with Crippen LogP contribution in [0.25, 0.3) is 11.0 Å². The number of nitrogens with zero attached hydrogens (tertiary/aromatic N) is 4. The molecule has 0 fully saturated rings. The number of carbonyl (C=O) groups excluding carboxylic acids is 2. The minimum absolute atomic E-state index is 0.334. The number of methoxy groups -OCH3 is 1. The molecule has 0 atom stereocenters. The number of aryl methyl sites for hydroxylation is 3. The van der Waals surface area contributed by atoms with Gasteiger partial charge >= 0.3 is 5.97 Å². The predicted molar refractivity (Wildman–Crippen MR) is 89.4 cm³/mol. The summed E-state index contributed by atoms with van der Waals surface area (Å²) >= 11 is 1.07. The van der Waals surface area contributed by atoms with E-state index in [-0.39, 0.29) is 5.91 Å². The van der Waals surface area contributed by atoms with Crippen LogP contribution in [0.15, 0.2) is 12.3 Å². The lowest BCUT2D eigenvalue weighted by Gasteiger charge is -2.02. The second-order valence-electron chi connectivity index (χ2n) is 5.18. The van der Waals surface area contributed by atoms with Gasteiger partial charge in [-0.3, -0.25) is 14.8 Å². The Kier molecular flexibility index (Phi) is 4.02. The molecule has 0 saturated heterocycles. The van der Waals surface area contributed by atoms with E-state index in [1.54, 1.807) is 24.7 Å².